The smallest absolute Gasteiger partial charge is 0.250 e. The zero-order valence-corrected chi connectivity index (χ0v) is 21.9. The van der Waals surface area contributed by atoms with Gasteiger partial charge in [0.2, 0.25) is 5.91 Å². The molecule has 0 aliphatic carbocycles. The lowest BCUT2D eigenvalue weighted by Gasteiger charge is -2.35. The number of hydrogen-bond donors (Lipinski definition) is 3. The summed E-state index contributed by atoms with van der Waals surface area (Å²) in [4.78, 5) is 31.4. The van der Waals surface area contributed by atoms with E-state index >= 15 is 0 Å². The lowest BCUT2D eigenvalue weighted by Crippen LogP contribution is -2.42. The summed E-state index contributed by atoms with van der Waals surface area (Å²) in [6.45, 7) is 8.46. The molecule has 204 valence electrons. The van der Waals surface area contributed by atoms with Gasteiger partial charge < -0.3 is 20.2 Å². The second-order valence-corrected chi connectivity index (χ2v) is 8.93. The highest BCUT2D eigenvalue weighted by molar-refractivity contribution is 6.00. The third kappa shape index (κ3) is 6.85. The van der Waals surface area contributed by atoms with E-state index in [0.29, 0.717) is 40.9 Å². The van der Waals surface area contributed by atoms with Crippen LogP contribution in [0, 0.1) is 17.6 Å². The molecule has 1 amide bonds. The van der Waals surface area contributed by atoms with Crippen LogP contribution in [0.15, 0.2) is 41.7 Å². The van der Waals surface area contributed by atoms with Crippen molar-refractivity contribution in [2.45, 2.75) is 39.3 Å². The summed E-state index contributed by atoms with van der Waals surface area (Å²) in [5, 5.41) is 11.7. The van der Waals surface area contributed by atoms with Crippen LogP contribution in [0.2, 0.25) is 0 Å². The van der Waals surface area contributed by atoms with Crippen LogP contribution in [0.25, 0.3) is 22.0 Å². The Hall–Kier alpha value is -3.54. The molecule has 0 bridgehead atoms. The molecule has 1 atom stereocenters. The average Bonchev–Trinajstić information content (AvgIpc) is 2.92. The van der Waals surface area contributed by atoms with Gasteiger partial charge in [-0.3, -0.25) is 9.79 Å². The van der Waals surface area contributed by atoms with Crippen molar-refractivity contribution < 1.29 is 23.5 Å². The van der Waals surface area contributed by atoms with Crippen molar-refractivity contribution in [2.75, 3.05) is 37.0 Å². The Kier molecular flexibility index (Phi) is 10.6. The number of rotatable bonds is 8. The van der Waals surface area contributed by atoms with Crippen molar-refractivity contribution in [2.24, 2.45) is 10.9 Å². The molecule has 1 saturated heterocycles. The first-order valence-corrected chi connectivity index (χ1v) is 12.5. The number of aliphatic hydroxyl groups excluding tert-OH is 1. The largest absolute Gasteiger partial charge is 0.387 e. The van der Waals surface area contributed by atoms with Gasteiger partial charge in [0.15, 0.2) is 0 Å². The van der Waals surface area contributed by atoms with E-state index in [-0.39, 0.29) is 17.8 Å². The van der Waals surface area contributed by atoms with Crippen LogP contribution in [0.4, 0.5) is 20.3 Å². The number of hydroxylamine groups is 1. The van der Waals surface area contributed by atoms with Crippen molar-refractivity contribution in [3.05, 3.63) is 48.3 Å². The van der Waals surface area contributed by atoms with Gasteiger partial charge in [-0.15, -0.1) is 0 Å². The highest BCUT2D eigenvalue weighted by atomic mass is 19.1. The Morgan fingerprint density at radius 3 is 2.55 bits per heavy atom. The quantitative estimate of drug-likeness (QED) is 0.295. The number of carbonyl (C=O) groups excluding carboxylic acids is 1. The minimum atomic E-state index is -0.764. The number of benzene rings is 2. The minimum absolute atomic E-state index is 0.0815. The molecule has 2 heterocycles. The number of fused-ring (bicyclic) bond motifs is 1. The predicted molar refractivity (Wildman–Crippen MR) is 145 cm³/mol. The Bertz CT molecular complexity index is 1250. The van der Waals surface area contributed by atoms with Crippen LogP contribution in [0.5, 0.6) is 0 Å². The fraction of sp³-hybridized carbons (Fsp3) is 0.407. The van der Waals surface area contributed by atoms with Gasteiger partial charge >= 0.3 is 0 Å². The maximum Gasteiger partial charge on any atom is 0.250 e. The van der Waals surface area contributed by atoms with Gasteiger partial charge in [-0.25, -0.2) is 18.7 Å². The molecule has 4 rings (SSSR count). The molecule has 1 unspecified atom stereocenters. The first-order valence-electron chi connectivity index (χ1n) is 12.5. The van der Waals surface area contributed by atoms with Crippen molar-refractivity contribution in [1.82, 2.24) is 15.4 Å². The third-order valence-corrected chi connectivity index (χ3v) is 6.10. The lowest BCUT2D eigenvalue weighted by atomic mass is 9.93. The van der Waals surface area contributed by atoms with Crippen molar-refractivity contribution >= 4 is 35.0 Å². The number of piperidine rings is 1. The van der Waals surface area contributed by atoms with E-state index in [2.05, 4.69) is 51.2 Å². The zero-order chi connectivity index (χ0) is 27.7. The number of anilines is 2. The standard InChI is InChI=1S/C24H26F2N6O3.C3H8/c1-27-23(31-35-2)14-5-7-32(8-6-14)24-18-11-16(25)10-17(22(18)28-13-29-24)15-3-4-20(19(26)9-15)30-21(34)12-33;1-3-2/h3-4,9-11,13-14,23,31,33H,1,5-8,12H2,2H3,(H,30,34);3H2,1-2H3. The summed E-state index contributed by atoms with van der Waals surface area (Å²) < 4.78 is 29.4. The molecule has 0 spiro atoms. The summed E-state index contributed by atoms with van der Waals surface area (Å²) in [6, 6.07) is 6.79. The highest BCUT2D eigenvalue weighted by Crippen LogP contribution is 2.35. The zero-order valence-electron chi connectivity index (χ0n) is 21.9. The van der Waals surface area contributed by atoms with Crippen LogP contribution in [0.1, 0.15) is 33.1 Å². The van der Waals surface area contributed by atoms with E-state index in [4.69, 9.17) is 9.94 Å². The van der Waals surface area contributed by atoms with Crippen molar-refractivity contribution in [1.29, 1.82) is 0 Å². The van der Waals surface area contributed by atoms with Gasteiger partial charge in [0.25, 0.3) is 0 Å². The maximum absolute atomic E-state index is 14.7. The van der Waals surface area contributed by atoms with Crippen LogP contribution in [-0.2, 0) is 9.63 Å². The molecular weight excluding hydrogens is 494 g/mol. The molecule has 3 N–H and O–H groups in total. The topological polar surface area (TPSA) is 112 Å². The Balaban J connectivity index is 0.00000127. The number of hydrogen-bond acceptors (Lipinski definition) is 8. The van der Waals surface area contributed by atoms with E-state index < -0.39 is 24.1 Å². The van der Waals surface area contributed by atoms with Gasteiger partial charge in [0, 0.05) is 24.0 Å². The summed E-state index contributed by atoms with van der Waals surface area (Å²) in [5.74, 6) is -1.12. The molecule has 1 aliphatic heterocycles. The molecular formula is C27H34F2N6O3. The third-order valence-electron chi connectivity index (χ3n) is 6.10. The van der Waals surface area contributed by atoms with Crippen molar-refractivity contribution in [3.63, 3.8) is 0 Å². The van der Waals surface area contributed by atoms with Crippen LogP contribution >= 0.6 is 0 Å². The average molecular weight is 529 g/mol. The first kappa shape index (κ1) is 29.0. The van der Waals surface area contributed by atoms with Crippen LogP contribution in [-0.4, -0.2) is 60.7 Å². The van der Waals surface area contributed by atoms with Gasteiger partial charge in [-0.1, -0.05) is 26.3 Å². The van der Waals surface area contributed by atoms with E-state index in [9.17, 15) is 13.6 Å². The fourth-order valence-corrected chi connectivity index (χ4v) is 4.40. The molecule has 1 aromatic heterocycles. The second kappa shape index (κ2) is 13.8. The predicted octanol–water partition coefficient (Wildman–Crippen LogP) is 4.32. The summed E-state index contributed by atoms with van der Waals surface area (Å²) in [5.41, 5.74) is 4.05. The lowest BCUT2D eigenvalue weighted by molar-refractivity contribution is -0.118. The Morgan fingerprint density at radius 2 is 1.95 bits per heavy atom. The fourth-order valence-electron chi connectivity index (χ4n) is 4.40. The van der Waals surface area contributed by atoms with Gasteiger partial charge in [-0.05, 0) is 55.3 Å². The Labute approximate surface area is 220 Å². The van der Waals surface area contributed by atoms with E-state index in [1.54, 1.807) is 6.07 Å². The molecule has 1 aliphatic rings. The maximum atomic E-state index is 14.7. The van der Waals surface area contributed by atoms with Crippen LogP contribution < -0.4 is 15.7 Å². The van der Waals surface area contributed by atoms with Crippen molar-refractivity contribution in [3.8, 4) is 11.1 Å². The first-order chi connectivity index (χ1) is 18.4. The summed E-state index contributed by atoms with van der Waals surface area (Å²) >= 11 is 0. The van der Waals surface area contributed by atoms with Gasteiger partial charge in [0.1, 0.15) is 36.6 Å². The Morgan fingerprint density at radius 1 is 1.24 bits per heavy atom. The molecule has 2 aromatic carbocycles. The normalized spacial score (nSPS) is 14.5. The number of aliphatic hydroxyl groups is 1. The molecule has 9 nitrogen and oxygen atoms in total. The molecule has 0 saturated carbocycles. The number of amides is 1. The van der Waals surface area contributed by atoms with Gasteiger partial charge in [0.05, 0.1) is 18.3 Å². The monoisotopic (exact) mass is 528 g/mol. The molecule has 3 aromatic rings. The van der Waals surface area contributed by atoms with E-state index in [1.165, 1.54) is 44.1 Å². The van der Waals surface area contributed by atoms with E-state index in [1.807, 2.05) is 0 Å². The second-order valence-electron chi connectivity index (χ2n) is 8.93. The van der Waals surface area contributed by atoms with Crippen LogP contribution in [0.3, 0.4) is 0 Å². The minimum Gasteiger partial charge on any atom is -0.387 e. The number of aromatic nitrogens is 2. The number of carbonyl (C=O) groups is 1. The number of aliphatic imine (C=N–C) groups is 1. The SMILES string of the molecule is C=NC(NOC)C1CCN(c2ncnc3c(-c4ccc(NC(=O)CO)c(F)c4)cc(F)cc23)CC1.CCC. The number of nitrogens with one attached hydrogen (secondary N) is 2. The number of nitrogens with zero attached hydrogens (tertiary/aromatic N) is 4. The molecule has 1 fully saturated rings. The molecule has 38 heavy (non-hydrogen) atoms. The summed E-state index contributed by atoms with van der Waals surface area (Å²) in [7, 11) is 1.54. The number of halogens is 2. The molecule has 11 heteroatoms. The molecule has 0 radical (unpaired) electrons. The summed E-state index contributed by atoms with van der Waals surface area (Å²) in [6.07, 6.45) is 4.06. The van der Waals surface area contributed by atoms with Gasteiger partial charge in [-0.2, -0.15) is 5.48 Å². The highest BCUT2D eigenvalue weighted by Gasteiger charge is 2.27. The van der Waals surface area contributed by atoms with E-state index in [0.717, 1.165) is 12.8 Å².